The highest BCUT2D eigenvalue weighted by molar-refractivity contribution is 7.19. The first-order valence-corrected chi connectivity index (χ1v) is 7.68. The topological polar surface area (TPSA) is 0 Å². The van der Waals surface area contributed by atoms with Crippen LogP contribution in [0.5, 0.6) is 0 Å². The first-order chi connectivity index (χ1) is 9.83. The Hall–Kier alpha value is -2.04. The second kappa shape index (κ2) is 5.53. The molecule has 0 aliphatic rings. The van der Waals surface area contributed by atoms with E-state index in [0.717, 1.165) is 12.0 Å². The van der Waals surface area contributed by atoms with E-state index in [1.165, 1.54) is 26.1 Å². The molecule has 0 saturated carbocycles. The molecule has 1 heteroatoms. The molecule has 0 spiro atoms. The second-order valence-electron chi connectivity index (χ2n) is 4.71. The van der Waals surface area contributed by atoms with Gasteiger partial charge < -0.3 is 0 Å². The molecular formula is C19H16S. The average molecular weight is 276 g/mol. The summed E-state index contributed by atoms with van der Waals surface area (Å²) in [6, 6.07) is 17.2. The van der Waals surface area contributed by atoms with Crippen molar-refractivity contribution in [2.24, 2.45) is 0 Å². The largest absolute Gasteiger partial charge is 0.140 e. The van der Waals surface area contributed by atoms with E-state index in [-0.39, 0.29) is 0 Å². The Balaban J connectivity index is 2.31. The van der Waals surface area contributed by atoms with Crippen LogP contribution in [0.3, 0.4) is 0 Å². The summed E-state index contributed by atoms with van der Waals surface area (Å²) in [5, 5.41) is 1.33. The molecule has 0 amide bonds. The normalized spacial score (nSPS) is 10.3. The van der Waals surface area contributed by atoms with Gasteiger partial charge in [-0.25, -0.2) is 0 Å². The van der Waals surface area contributed by atoms with Gasteiger partial charge in [-0.3, -0.25) is 0 Å². The van der Waals surface area contributed by atoms with E-state index in [2.05, 4.69) is 67.3 Å². The third kappa shape index (κ3) is 2.24. The maximum atomic E-state index is 3.16. The zero-order valence-electron chi connectivity index (χ0n) is 11.7. The summed E-state index contributed by atoms with van der Waals surface area (Å²) in [6.45, 7) is 4.11. The van der Waals surface area contributed by atoms with Crippen molar-refractivity contribution in [2.75, 3.05) is 0 Å². The lowest BCUT2D eigenvalue weighted by molar-refractivity contribution is 1.19. The van der Waals surface area contributed by atoms with Crippen LogP contribution < -0.4 is 0 Å². The first kappa shape index (κ1) is 13.0. The van der Waals surface area contributed by atoms with Gasteiger partial charge in [0.25, 0.3) is 0 Å². The number of hydrogen-bond donors (Lipinski definition) is 0. The summed E-state index contributed by atoms with van der Waals surface area (Å²) in [6.07, 6.45) is 1.07. The highest BCUT2D eigenvalue weighted by Crippen LogP contribution is 2.39. The summed E-state index contributed by atoms with van der Waals surface area (Å²) >= 11 is 1.90. The summed E-state index contributed by atoms with van der Waals surface area (Å²) in [5.74, 6) is 6.14. The Morgan fingerprint density at radius 1 is 1.05 bits per heavy atom. The SMILES string of the molecule is CC#Cc1ccc2sc(CC)c(-c3ccccc3)c2c1. The molecule has 0 unspecified atom stereocenters. The number of rotatable bonds is 2. The van der Waals surface area contributed by atoms with Gasteiger partial charge in [-0.1, -0.05) is 43.2 Å². The van der Waals surface area contributed by atoms with Crippen LogP contribution >= 0.6 is 11.3 Å². The van der Waals surface area contributed by atoms with Gasteiger partial charge in [0, 0.05) is 26.1 Å². The molecule has 1 heterocycles. The van der Waals surface area contributed by atoms with Gasteiger partial charge in [0.1, 0.15) is 0 Å². The molecule has 0 saturated heterocycles. The third-order valence-corrected chi connectivity index (χ3v) is 4.73. The van der Waals surface area contributed by atoms with E-state index >= 15 is 0 Å². The van der Waals surface area contributed by atoms with E-state index in [9.17, 15) is 0 Å². The van der Waals surface area contributed by atoms with Crippen molar-refractivity contribution in [2.45, 2.75) is 20.3 Å². The monoisotopic (exact) mass is 276 g/mol. The third-order valence-electron chi connectivity index (χ3n) is 3.41. The van der Waals surface area contributed by atoms with Crippen LogP contribution in [0.25, 0.3) is 21.2 Å². The number of thiophene rings is 1. The average Bonchev–Trinajstić information content (AvgIpc) is 2.86. The van der Waals surface area contributed by atoms with Crippen LogP contribution in [-0.2, 0) is 6.42 Å². The Kier molecular flexibility index (Phi) is 3.58. The van der Waals surface area contributed by atoms with E-state index in [4.69, 9.17) is 0 Å². The second-order valence-corrected chi connectivity index (χ2v) is 5.84. The minimum atomic E-state index is 1.07. The van der Waals surface area contributed by atoms with Crippen LogP contribution in [0.15, 0.2) is 48.5 Å². The van der Waals surface area contributed by atoms with Crippen molar-refractivity contribution >= 4 is 21.4 Å². The molecule has 20 heavy (non-hydrogen) atoms. The Labute approximate surface area is 124 Å². The molecule has 0 radical (unpaired) electrons. The molecular weight excluding hydrogens is 260 g/mol. The quantitative estimate of drug-likeness (QED) is 0.542. The molecule has 0 aliphatic carbocycles. The van der Waals surface area contributed by atoms with Gasteiger partial charge >= 0.3 is 0 Å². The summed E-state index contributed by atoms with van der Waals surface area (Å²) < 4.78 is 1.35. The summed E-state index contributed by atoms with van der Waals surface area (Å²) in [7, 11) is 0. The van der Waals surface area contributed by atoms with Crippen molar-refractivity contribution < 1.29 is 0 Å². The fourth-order valence-corrected chi connectivity index (χ4v) is 3.69. The van der Waals surface area contributed by atoms with Crippen molar-refractivity contribution in [1.82, 2.24) is 0 Å². The van der Waals surface area contributed by atoms with Crippen LogP contribution in [-0.4, -0.2) is 0 Å². The van der Waals surface area contributed by atoms with Gasteiger partial charge in [0.2, 0.25) is 0 Å². The molecule has 1 aromatic heterocycles. The van der Waals surface area contributed by atoms with E-state index in [1.807, 2.05) is 18.3 Å². The zero-order chi connectivity index (χ0) is 13.9. The van der Waals surface area contributed by atoms with Gasteiger partial charge in [-0.2, -0.15) is 0 Å². The molecule has 0 N–H and O–H groups in total. The predicted molar refractivity (Wildman–Crippen MR) is 89.2 cm³/mol. The van der Waals surface area contributed by atoms with Crippen LogP contribution in [0.1, 0.15) is 24.3 Å². The number of aryl methyl sites for hydroxylation is 1. The molecule has 0 aliphatic heterocycles. The maximum absolute atomic E-state index is 3.16. The molecule has 98 valence electrons. The molecule has 0 bridgehead atoms. The molecule has 0 atom stereocenters. The van der Waals surface area contributed by atoms with E-state index in [1.54, 1.807) is 0 Å². The van der Waals surface area contributed by atoms with E-state index < -0.39 is 0 Å². The first-order valence-electron chi connectivity index (χ1n) is 6.87. The predicted octanol–water partition coefficient (Wildman–Crippen LogP) is 5.50. The molecule has 3 rings (SSSR count). The number of hydrogen-bond acceptors (Lipinski definition) is 1. The minimum Gasteiger partial charge on any atom is -0.140 e. The van der Waals surface area contributed by atoms with Gasteiger partial charge in [-0.15, -0.1) is 17.3 Å². The number of benzene rings is 2. The van der Waals surface area contributed by atoms with Crippen molar-refractivity contribution in [3.63, 3.8) is 0 Å². The van der Waals surface area contributed by atoms with Crippen LogP contribution in [0, 0.1) is 11.8 Å². The fourth-order valence-electron chi connectivity index (χ4n) is 2.54. The lowest BCUT2D eigenvalue weighted by Gasteiger charge is -2.03. The fraction of sp³-hybridized carbons (Fsp3) is 0.158. The lowest BCUT2D eigenvalue weighted by Crippen LogP contribution is -1.82. The Morgan fingerprint density at radius 3 is 2.55 bits per heavy atom. The highest BCUT2D eigenvalue weighted by Gasteiger charge is 2.12. The van der Waals surface area contributed by atoms with Crippen LogP contribution in [0.4, 0.5) is 0 Å². The molecule has 0 nitrogen and oxygen atoms in total. The zero-order valence-corrected chi connectivity index (χ0v) is 12.6. The molecule has 2 aromatic carbocycles. The molecule has 3 aromatic rings. The lowest BCUT2D eigenvalue weighted by atomic mass is 10.00. The van der Waals surface area contributed by atoms with Crippen molar-refractivity contribution in [3.05, 3.63) is 59.0 Å². The van der Waals surface area contributed by atoms with Crippen molar-refractivity contribution in [1.29, 1.82) is 0 Å². The standard InChI is InChI=1S/C19H16S/c1-3-8-14-11-12-18-16(13-14)19(17(4-2)20-18)15-9-6-5-7-10-15/h5-7,9-13H,4H2,1-2H3. The molecule has 0 fully saturated rings. The van der Waals surface area contributed by atoms with Crippen molar-refractivity contribution in [3.8, 4) is 23.0 Å². The Morgan fingerprint density at radius 2 is 1.85 bits per heavy atom. The maximum Gasteiger partial charge on any atom is 0.0353 e. The van der Waals surface area contributed by atoms with Gasteiger partial charge in [-0.05, 0) is 37.1 Å². The highest BCUT2D eigenvalue weighted by atomic mass is 32.1. The smallest absolute Gasteiger partial charge is 0.0353 e. The number of fused-ring (bicyclic) bond motifs is 1. The van der Waals surface area contributed by atoms with Gasteiger partial charge in [0.15, 0.2) is 0 Å². The Bertz CT molecular complexity index is 798. The van der Waals surface area contributed by atoms with Crippen LogP contribution in [0.2, 0.25) is 0 Å². The minimum absolute atomic E-state index is 1.07. The summed E-state index contributed by atoms with van der Waals surface area (Å²) in [4.78, 5) is 1.45. The summed E-state index contributed by atoms with van der Waals surface area (Å²) in [5.41, 5.74) is 3.78. The van der Waals surface area contributed by atoms with E-state index in [0.29, 0.717) is 0 Å². The van der Waals surface area contributed by atoms with Gasteiger partial charge in [0.05, 0.1) is 0 Å².